The molecule has 0 spiro atoms. The van der Waals surface area contributed by atoms with E-state index in [1.165, 1.54) is 0 Å². The molecule has 1 N–H and O–H groups in total. The first kappa shape index (κ1) is 18.6. The van der Waals surface area contributed by atoms with E-state index >= 15 is 0 Å². The molecule has 0 saturated carbocycles. The molecule has 0 atom stereocenters. The van der Waals surface area contributed by atoms with E-state index in [4.69, 9.17) is 9.47 Å². The number of methoxy groups -OCH3 is 2. The summed E-state index contributed by atoms with van der Waals surface area (Å²) >= 11 is 0. The Morgan fingerprint density at radius 2 is 1.88 bits per heavy atom. The van der Waals surface area contributed by atoms with Gasteiger partial charge in [-0.2, -0.15) is 0 Å². The number of aryl methyl sites for hydroxylation is 1. The maximum Gasteiger partial charge on any atom is 0.220 e. The van der Waals surface area contributed by atoms with Crippen LogP contribution < -0.4 is 14.8 Å². The summed E-state index contributed by atoms with van der Waals surface area (Å²) in [6.07, 6.45) is 3.29. The van der Waals surface area contributed by atoms with Gasteiger partial charge in [0.05, 0.1) is 14.2 Å². The van der Waals surface area contributed by atoms with Crippen LogP contribution in [0.15, 0.2) is 18.2 Å². The third kappa shape index (κ3) is 5.13. The number of rotatable bonds is 7. The second kappa shape index (κ2) is 8.92. The fourth-order valence-electron chi connectivity index (χ4n) is 3.15. The van der Waals surface area contributed by atoms with Crippen molar-refractivity contribution in [1.82, 2.24) is 10.2 Å². The van der Waals surface area contributed by atoms with Gasteiger partial charge in [-0.3, -0.25) is 4.79 Å². The molecule has 1 aliphatic heterocycles. The van der Waals surface area contributed by atoms with Gasteiger partial charge in [0.25, 0.3) is 0 Å². The number of carbonyl (C=O) groups is 1. The summed E-state index contributed by atoms with van der Waals surface area (Å²) < 4.78 is 10.5. The predicted octanol–water partition coefficient (Wildman–Crippen LogP) is 2.63. The Morgan fingerprint density at radius 3 is 2.46 bits per heavy atom. The molecule has 5 heteroatoms. The standard InChI is InChI=1S/C19H30N2O3/c1-14(2)21-11-9-16(10-12-21)20-19(22)8-6-15-5-7-17(23-3)18(13-15)24-4/h5,7,13-14,16H,6,8-12H2,1-4H3,(H,20,22). The Bertz CT molecular complexity index is 537. The first-order valence-electron chi connectivity index (χ1n) is 8.77. The van der Waals surface area contributed by atoms with E-state index in [0.717, 1.165) is 31.5 Å². The van der Waals surface area contributed by atoms with E-state index in [0.29, 0.717) is 36.4 Å². The van der Waals surface area contributed by atoms with Crippen molar-refractivity contribution in [3.63, 3.8) is 0 Å². The van der Waals surface area contributed by atoms with E-state index in [1.807, 2.05) is 18.2 Å². The number of nitrogens with one attached hydrogen (secondary N) is 1. The van der Waals surface area contributed by atoms with E-state index < -0.39 is 0 Å². The summed E-state index contributed by atoms with van der Waals surface area (Å²) in [4.78, 5) is 14.7. The van der Waals surface area contributed by atoms with Gasteiger partial charge in [-0.05, 0) is 50.8 Å². The number of benzene rings is 1. The number of hydrogen-bond acceptors (Lipinski definition) is 4. The van der Waals surface area contributed by atoms with Crippen molar-refractivity contribution in [1.29, 1.82) is 0 Å². The Hall–Kier alpha value is -1.75. The zero-order chi connectivity index (χ0) is 17.5. The summed E-state index contributed by atoms with van der Waals surface area (Å²) in [5.41, 5.74) is 1.08. The molecule has 1 heterocycles. The summed E-state index contributed by atoms with van der Waals surface area (Å²) in [6, 6.07) is 6.71. The first-order valence-corrected chi connectivity index (χ1v) is 8.77. The molecule has 1 aromatic carbocycles. The van der Waals surface area contributed by atoms with Crippen LogP contribution >= 0.6 is 0 Å². The summed E-state index contributed by atoms with van der Waals surface area (Å²) in [7, 11) is 3.24. The van der Waals surface area contributed by atoms with Gasteiger partial charge in [0, 0.05) is 31.6 Å². The van der Waals surface area contributed by atoms with Gasteiger partial charge in [0.1, 0.15) is 0 Å². The Balaban J connectivity index is 1.77. The average molecular weight is 334 g/mol. The summed E-state index contributed by atoms with van der Waals surface area (Å²) in [5, 5.41) is 3.18. The van der Waals surface area contributed by atoms with Crippen molar-refractivity contribution in [2.75, 3.05) is 27.3 Å². The fraction of sp³-hybridized carbons (Fsp3) is 0.632. The topological polar surface area (TPSA) is 50.8 Å². The number of piperidine rings is 1. The molecule has 0 bridgehead atoms. The van der Waals surface area contributed by atoms with E-state index in [1.54, 1.807) is 14.2 Å². The molecular weight excluding hydrogens is 304 g/mol. The van der Waals surface area contributed by atoms with Gasteiger partial charge in [0.15, 0.2) is 11.5 Å². The minimum atomic E-state index is 0.132. The summed E-state index contributed by atoms with van der Waals surface area (Å²) in [5.74, 6) is 1.55. The Kier molecular flexibility index (Phi) is 6.91. The van der Waals surface area contributed by atoms with Crippen molar-refractivity contribution < 1.29 is 14.3 Å². The first-order chi connectivity index (χ1) is 11.5. The minimum Gasteiger partial charge on any atom is -0.493 e. The highest BCUT2D eigenvalue weighted by atomic mass is 16.5. The molecule has 1 amide bonds. The van der Waals surface area contributed by atoms with Crippen molar-refractivity contribution in [3.8, 4) is 11.5 Å². The lowest BCUT2D eigenvalue weighted by Gasteiger charge is -2.34. The van der Waals surface area contributed by atoms with Crippen LogP contribution in [0.4, 0.5) is 0 Å². The smallest absolute Gasteiger partial charge is 0.220 e. The molecule has 0 aliphatic carbocycles. The Labute approximate surface area is 145 Å². The van der Waals surface area contributed by atoms with Crippen LogP contribution in [0.2, 0.25) is 0 Å². The van der Waals surface area contributed by atoms with E-state index in [-0.39, 0.29) is 5.91 Å². The van der Waals surface area contributed by atoms with Crippen LogP contribution in [0.5, 0.6) is 11.5 Å². The third-order valence-electron chi connectivity index (χ3n) is 4.71. The minimum absolute atomic E-state index is 0.132. The summed E-state index contributed by atoms with van der Waals surface area (Å²) in [6.45, 7) is 6.58. The molecule has 2 rings (SSSR count). The molecule has 1 aromatic rings. The number of carbonyl (C=O) groups excluding carboxylic acids is 1. The molecule has 0 aromatic heterocycles. The van der Waals surface area contributed by atoms with Crippen LogP contribution in [-0.4, -0.2) is 50.2 Å². The van der Waals surface area contributed by atoms with Crippen LogP contribution in [0.1, 0.15) is 38.7 Å². The monoisotopic (exact) mass is 334 g/mol. The molecule has 1 aliphatic rings. The molecular formula is C19H30N2O3. The van der Waals surface area contributed by atoms with Gasteiger partial charge in [0.2, 0.25) is 5.91 Å². The molecule has 24 heavy (non-hydrogen) atoms. The molecule has 5 nitrogen and oxygen atoms in total. The second-order valence-electron chi connectivity index (χ2n) is 6.66. The number of amides is 1. The van der Waals surface area contributed by atoms with Gasteiger partial charge in [-0.25, -0.2) is 0 Å². The molecule has 0 radical (unpaired) electrons. The lowest BCUT2D eigenvalue weighted by molar-refractivity contribution is -0.122. The molecule has 1 saturated heterocycles. The molecule has 0 unspecified atom stereocenters. The third-order valence-corrected chi connectivity index (χ3v) is 4.71. The second-order valence-corrected chi connectivity index (χ2v) is 6.66. The lowest BCUT2D eigenvalue weighted by atomic mass is 10.0. The van der Waals surface area contributed by atoms with Gasteiger partial charge in [-0.1, -0.05) is 6.07 Å². The van der Waals surface area contributed by atoms with Crippen molar-refractivity contribution >= 4 is 5.91 Å². The van der Waals surface area contributed by atoms with E-state index in [2.05, 4.69) is 24.1 Å². The maximum absolute atomic E-state index is 12.2. The normalized spacial score (nSPS) is 16.2. The SMILES string of the molecule is COc1ccc(CCC(=O)NC2CCN(C(C)C)CC2)cc1OC. The average Bonchev–Trinajstić information content (AvgIpc) is 2.60. The van der Waals surface area contributed by atoms with Gasteiger partial charge >= 0.3 is 0 Å². The van der Waals surface area contributed by atoms with Gasteiger partial charge in [-0.15, -0.1) is 0 Å². The van der Waals surface area contributed by atoms with Crippen LogP contribution in [0, 0.1) is 0 Å². The quantitative estimate of drug-likeness (QED) is 0.833. The lowest BCUT2D eigenvalue weighted by Crippen LogP contribution is -2.46. The van der Waals surface area contributed by atoms with Crippen molar-refractivity contribution in [2.24, 2.45) is 0 Å². The number of ether oxygens (including phenoxy) is 2. The van der Waals surface area contributed by atoms with Crippen LogP contribution in [0.3, 0.4) is 0 Å². The Morgan fingerprint density at radius 1 is 1.21 bits per heavy atom. The highest BCUT2D eigenvalue weighted by Gasteiger charge is 2.21. The van der Waals surface area contributed by atoms with E-state index in [9.17, 15) is 4.79 Å². The van der Waals surface area contributed by atoms with Crippen LogP contribution in [-0.2, 0) is 11.2 Å². The van der Waals surface area contributed by atoms with Crippen molar-refractivity contribution in [2.45, 2.75) is 51.6 Å². The number of likely N-dealkylation sites (tertiary alicyclic amines) is 1. The fourth-order valence-corrected chi connectivity index (χ4v) is 3.15. The molecule has 134 valence electrons. The van der Waals surface area contributed by atoms with Crippen molar-refractivity contribution in [3.05, 3.63) is 23.8 Å². The predicted molar refractivity (Wildman–Crippen MR) is 95.7 cm³/mol. The number of hydrogen-bond donors (Lipinski definition) is 1. The zero-order valence-electron chi connectivity index (χ0n) is 15.3. The maximum atomic E-state index is 12.2. The highest BCUT2D eigenvalue weighted by molar-refractivity contribution is 5.76. The van der Waals surface area contributed by atoms with Gasteiger partial charge < -0.3 is 19.7 Å². The number of nitrogens with zero attached hydrogens (tertiary/aromatic N) is 1. The zero-order valence-corrected chi connectivity index (χ0v) is 15.3. The van der Waals surface area contributed by atoms with Crippen LogP contribution in [0.25, 0.3) is 0 Å². The highest BCUT2D eigenvalue weighted by Crippen LogP contribution is 2.28. The largest absolute Gasteiger partial charge is 0.493 e. The molecule has 1 fully saturated rings.